The zero-order valence-electron chi connectivity index (χ0n) is 28.5. The van der Waals surface area contributed by atoms with E-state index in [1.165, 1.54) is 11.3 Å². The van der Waals surface area contributed by atoms with Crippen LogP contribution in [0.2, 0.25) is 0 Å². The van der Waals surface area contributed by atoms with Crippen LogP contribution in [0.4, 0.5) is 0 Å². The van der Waals surface area contributed by atoms with E-state index in [0.717, 1.165) is 86.5 Å². The lowest BCUT2D eigenvalue weighted by molar-refractivity contribution is 0.573. The van der Waals surface area contributed by atoms with Gasteiger partial charge in [0.2, 0.25) is 0 Å². The van der Waals surface area contributed by atoms with Crippen molar-refractivity contribution < 1.29 is 16.8 Å². The van der Waals surface area contributed by atoms with Gasteiger partial charge in [0.05, 0.1) is 21.3 Å². The van der Waals surface area contributed by atoms with Crippen LogP contribution in [-0.4, -0.2) is 28.3 Å². The lowest BCUT2D eigenvalue weighted by Gasteiger charge is -2.13. The molecule has 0 unspecified atom stereocenters. The Hall–Kier alpha value is -1.96. The average molecular weight is 673 g/mol. The van der Waals surface area contributed by atoms with Crippen molar-refractivity contribution in [3.63, 3.8) is 0 Å². The molecule has 0 bridgehead atoms. The average Bonchev–Trinajstić information content (AvgIpc) is 3.44. The molecule has 250 valence electrons. The summed E-state index contributed by atoms with van der Waals surface area (Å²) < 4.78 is 57.3. The molecule has 0 aliphatic heterocycles. The van der Waals surface area contributed by atoms with Crippen LogP contribution in [0.5, 0.6) is 0 Å². The van der Waals surface area contributed by atoms with Gasteiger partial charge >= 0.3 is 0 Å². The second kappa shape index (κ2) is 17.8. The van der Waals surface area contributed by atoms with Crippen LogP contribution >= 0.6 is 11.3 Å². The molecular weight excluding hydrogens is 617 g/mol. The molecule has 4 nitrogen and oxygen atoms in total. The monoisotopic (exact) mass is 672 g/mol. The van der Waals surface area contributed by atoms with Crippen LogP contribution in [-0.2, 0) is 19.7 Å². The van der Waals surface area contributed by atoms with Crippen molar-refractivity contribution in [1.82, 2.24) is 0 Å². The number of hydrogen-bond donors (Lipinski definition) is 0. The zero-order chi connectivity index (χ0) is 33.0. The van der Waals surface area contributed by atoms with Gasteiger partial charge in [0.25, 0.3) is 0 Å². The fourth-order valence-electron chi connectivity index (χ4n) is 5.73. The van der Waals surface area contributed by atoms with E-state index in [9.17, 15) is 16.8 Å². The van der Waals surface area contributed by atoms with Crippen LogP contribution in [0.3, 0.4) is 0 Å². The zero-order valence-corrected chi connectivity index (χ0v) is 31.0. The smallest absolute Gasteiger partial charge is 0.181 e. The first kappa shape index (κ1) is 37.5. The van der Waals surface area contributed by atoms with Gasteiger partial charge in [-0.15, -0.1) is 11.3 Å². The van der Waals surface area contributed by atoms with E-state index in [0.29, 0.717) is 34.4 Å². The van der Waals surface area contributed by atoms with E-state index in [4.69, 9.17) is 0 Å². The first-order valence-electron chi connectivity index (χ1n) is 17.3. The van der Waals surface area contributed by atoms with Crippen molar-refractivity contribution in [3.05, 3.63) is 59.7 Å². The Labute approximate surface area is 278 Å². The summed E-state index contributed by atoms with van der Waals surface area (Å²) >= 11 is 1.32. The first-order valence-corrected chi connectivity index (χ1v) is 21.4. The molecule has 0 aliphatic rings. The normalized spacial score (nSPS) is 12.4. The fourth-order valence-corrected chi connectivity index (χ4v) is 11.9. The Kier molecular flexibility index (Phi) is 14.8. The largest absolute Gasteiger partial charge is 0.224 e. The summed E-state index contributed by atoms with van der Waals surface area (Å²) in [6.07, 6.45) is 11.4. The van der Waals surface area contributed by atoms with Crippen molar-refractivity contribution >= 4 is 31.0 Å². The number of thiophene rings is 1. The van der Waals surface area contributed by atoms with E-state index >= 15 is 0 Å². The van der Waals surface area contributed by atoms with Crippen molar-refractivity contribution in [3.8, 4) is 20.9 Å². The summed E-state index contributed by atoms with van der Waals surface area (Å²) in [6.45, 7) is 12.8. The molecule has 7 heteroatoms. The molecule has 0 fully saturated rings. The Morgan fingerprint density at radius 1 is 0.489 bits per heavy atom. The highest BCUT2D eigenvalue weighted by atomic mass is 32.2. The van der Waals surface area contributed by atoms with Crippen LogP contribution in [0.1, 0.15) is 142 Å². The van der Waals surface area contributed by atoms with E-state index in [-0.39, 0.29) is 21.3 Å². The third-order valence-electron chi connectivity index (χ3n) is 8.66. The minimum absolute atomic E-state index is 0.0206. The van der Waals surface area contributed by atoms with Crippen LogP contribution in [0.25, 0.3) is 20.9 Å². The Balaban J connectivity index is 2.18. The predicted octanol–water partition coefficient (Wildman–Crippen LogP) is 11.6. The summed E-state index contributed by atoms with van der Waals surface area (Å²) in [5.74, 6) is 0.583. The topological polar surface area (TPSA) is 68.3 Å². The Bertz CT molecular complexity index is 1410. The van der Waals surface area contributed by atoms with Crippen molar-refractivity contribution in [2.24, 2.45) is 0 Å². The van der Waals surface area contributed by atoms with Gasteiger partial charge in [-0.2, -0.15) is 0 Å². The number of hydrogen-bond acceptors (Lipinski definition) is 5. The summed E-state index contributed by atoms with van der Waals surface area (Å²) in [5.41, 5.74) is 3.83. The maximum absolute atomic E-state index is 14.3. The number of benzene rings is 2. The summed E-state index contributed by atoms with van der Waals surface area (Å²) in [5, 5.41) is 0. The maximum Gasteiger partial charge on any atom is 0.181 e. The SMILES string of the molecule is CCCCCCCCS(=O)(=O)c1c(-c2ccc(C(C)C)cc2)sc(-c2ccc(C(C)C)cc2)c1S(=O)(=O)CCCCCCCC. The Morgan fingerprint density at radius 2 is 0.800 bits per heavy atom. The van der Waals surface area contributed by atoms with E-state index in [2.05, 4.69) is 41.5 Å². The van der Waals surface area contributed by atoms with Gasteiger partial charge in [-0.25, -0.2) is 16.8 Å². The van der Waals surface area contributed by atoms with Crippen LogP contribution < -0.4 is 0 Å². The van der Waals surface area contributed by atoms with Gasteiger partial charge in [-0.05, 0) is 46.9 Å². The Morgan fingerprint density at radius 3 is 1.11 bits per heavy atom. The molecule has 0 aliphatic carbocycles. The molecule has 0 atom stereocenters. The second-order valence-corrected chi connectivity index (χ2v) is 18.3. The maximum atomic E-state index is 14.3. The molecule has 2 aromatic carbocycles. The minimum atomic E-state index is -3.89. The molecule has 45 heavy (non-hydrogen) atoms. The lowest BCUT2D eigenvalue weighted by atomic mass is 10.0. The molecule has 1 aromatic heterocycles. The highest BCUT2D eigenvalue weighted by Crippen LogP contribution is 2.48. The van der Waals surface area contributed by atoms with Gasteiger partial charge in [0.1, 0.15) is 9.79 Å². The molecule has 0 spiro atoms. The molecule has 0 N–H and O–H groups in total. The van der Waals surface area contributed by atoms with Crippen LogP contribution in [0, 0.1) is 0 Å². The third kappa shape index (κ3) is 10.5. The van der Waals surface area contributed by atoms with Crippen molar-refractivity contribution in [1.29, 1.82) is 0 Å². The molecule has 0 amide bonds. The summed E-state index contributed by atoms with van der Waals surface area (Å²) in [6, 6.07) is 16.0. The van der Waals surface area contributed by atoms with E-state index in [1.807, 2.05) is 48.5 Å². The predicted molar refractivity (Wildman–Crippen MR) is 194 cm³/mol. The quantitative estimate of drug-likeness (QED) is 0.112. The number of sulfone groups is 2. The van der Waals surface area contributed by atoms with Crippen molar-refractivity contribution in [2.45, 2.75) is 140 Å². The molecule has 3 aromatic rings. The van der Waals surface area contributed by atoms with Gasteiger partial charge in [-0.3, -0.25) is 0 Å². The molecule has 0 saturated carbocycles. The van der Waals surface area contributed by atoms with Gasteiger partial charge in [0.15, 0.2) is 19.7 Å². The summed E-state index contributed by atoms with van der Waals surface area (Å²) in [7, 11) is -7.78. The summed E-state index contributed by atoms with van der Waals surface area (Å²) in [4.78, 5) is 1.13. The molecule has 3 rings (SSSR count). The van der Waals surface area contributed by atoms with Gasteiger partial charge in [-0.1, -0.05) is 154 Å². The van der Waals surface area contributed by atoms with Gasteiger partial charge < -0.3 is 0 Å². The number of unbranched alkanes of at least 4 members (excludes halogenated alkanes) is 10. The standard InChI is InChI=1S/C38H56O4S3/c1-7-9-11-13-15-17-27-44(39,40)37-35(33-23-19-31(20-24-33)29(3)4)43-36(34-25-21-32(22-26-34)30(5)6)38(37)45(41,42)28-18-16-14-12-10-8-2/h19-26,29-30H,7-18,27-28H2,1-6H3. The first-order chi connectivity index (χ1) is 21.4. The molecule has 0 saturated heterocycles. The van der Waals surface area contributed by atoms with E-state index in [1.54, 1.807) is 0 Å². The molecule has 0 radical (unpaired) electrons. The second-order valence-electron chi connectivity index (χ2n) is 13.1. The van der Waals surface area contributed by atoms with Crippen LogP contribution in [0.15, 0.2) is 58.3 Å². The third-order valence-corrected chi connectivity index (χ3v) is 14.0. The fraction of sp³-hybridized carbons (Fsp3) is 0.579. The van der Waals surface area contributed by atoms with E-state index < -0.39 is 19.7 Å². The highest BCUT2D eigenvalue weighted by molar-refractivity contribution is 7.95. The van der Waals surface area contributed by atoms with Gasteiger partial charge in [0, 0.05) is 0 Å². The molecule has 1 heterocycles. The molecular formula is C38H56O4S3. The highest BCUT2D eigenvalue weighted by Gasteiger charge is 2.36. The van der Waals surface area contributed by atoms with Crippen molar-refractivity contribution in [2.75, 3.05) is 11.5 Å². The number of rotatable bonds is 20. The minimum Gasteiger partial charge on any atom is -0.224 e. The lowest BCUT2D eigenvalue weighted by Crippen LogP contribution is -2.15.